The zero-order valence-corrected chi connectivity index (χ0v) is 15.6. The van der Waals surface area contributed by atoms with Crippen LogP contribution in [0.2, 0.25) is 5.02 Å². The Bertz CT molecular complexity index is 619. The van der Waals surface area contributed by atoms with Crippen LogP contribution in [0, 0.1) is 0 Å². The zero-order chi connectivity index (χ0) is 15.4. The van der Waals surface area contributed by atoms with E-state index in [1.807, 2.05) is 30.3 Å². The van der Waals surface area contributed by atoms with E-state index in [0.29, 0.717) is 6.54 Å². The Labute approximate surface area is 147 Å². The average Bonchev–Trinajstić information content (AvgIpc) is 2.42. The third kappa shape index (κ3) is 4.54. The molecule has 0 aliphatic rings. The van der Waals surface area contributed by atoms with Gasteiger partial charge >= 0.3 is 0 Å². The van der Waals surface area contributed by atoms with Crippen LogP contribution in [0.1, 0.15) is 17.2 Å². The second-order valence-corrected chi connectivity index (χ2v) is 7.17. The van der Waals surface area contributed by atoms with Crippen LogP contribution < -0.4 is 5.73 Å². The van der Waals surface area contributed by atoms with Gasteiger partial charge in [0.2, 0.25) is 0 Å². The van der Waals surface area contributed by atoms with Crippen LogP contribution in [-0.2, 0) is 6.54 Å². The fourth-order valence-electron chi connectivity index (χ4n) is 2.35. The lowest BCUT2D eigenvalue weighted by Crippen LogP contribution is -2.30. The van der Waals surface area contributed by atoms with Gasteiger partial charge in [-0.3, -0.25) is 4.90 Å². The summed E-state index contributed by atoms with van der Waals surface area (Å²) >= 11 is 13.1. The molecule has 2 nitrogen and oxygen atoms in total. The van der Waals surface area contributed by atoms with Crippen molar-refractivity contribution in [2.24, 2.45) is 5.73 Å². The average molecular weight is 433 g/mol. The van der Waals surface area contributed by atoms with Crippen molar-refractivity contribution < 1.29 is 0 Å². The number of halogens is 3. The molecule has 0 heterocycles. The van der Waals surface area contributed by atoms with Crippen molar-refractivity contribution in [2.45, 2.75) is 12.6 Å². The molecular weight excluding hydrogens is 415 g/mol. The Morgan fingerprint density at radius 3 is 2.57 bits per heavy atom. The van der Waals surface area contributed by atoms with E-state index >= 15 is 0 Å². The molecule has 21 heavy (non-hydrogen) atoms. The number of nitrogens with two attached hydrogens (primary N) is 1. The van der Waals surface area contributed by atoms with Gasteiger partial charge in [-0.2, -0.15) is 0 Å². The lowest BCUT2D eigenvalue weighted by atomic mass is 10.0. The molecule has 0 aromatic heterocycles. The van der Waals surface area contributed by atoms with Crippen molar-refractivity contribution >= 4 is 43.5 Å². The molecule has 0 amide bonds. The molecule has 0 saturated heterocycles. The molecule has 1 unspecified atom stereocenters. The predicted octanol–water partition coefficient (Wildman–Crippen LogP) is 5.00. The Morgan fingerprint density at radius 1 is 1.19 bits per heavy atom. The van der Waals surface area contributed by atoms with E-state index in [1.54, 1.807) is 0 Å². The maximum Gasteiger partial charge on any atom is 0.0482 e. The van der Waals surface area contributed by atoms with E-state index in [9.17, 15) is 0 Å². The number of nitrogens with zero attached hydrogens (tertiary/aromatic N) is 1. The quantitative estimate of drug-likeness (QED) is 0.721. The first-order valence-corrected chi connectivity index (χ1v) is 8.57. The molecule has 0 bridgehead atoms. The summed E-state index contributed by atoms with van der Waals surface area (Å²) in [7, 11) is 2.08. The first kappa shape index (κ1) is 17.0. The van der Waals surface area contributed by atoms with Crippen molar-refractivity contribution in [3.05, 3.63) is 67.6 Å². The number of benzene rings is 2. The summed E-state index contributed by atoms with van der Waals surface area (Å²) in [5.74, 6) is 0. The lowest BCUT2D eigenvalue weighted by molar-refractivity contribution is 0.241. The third-order valence-electron chi connectivity index (χ3n) is 3.40. The third-order valence-corrected chi connectivity index (χ3v) is 4.81. The van der Waals surface area contributed by atoms with Gasteiger partial charge in [0.15, 0.2) is 0 Å². The zero-order valence-electron chi connectivity index (χ0n) is 11.7. The first-order chi connectivity index (χ1) is 10.0. The van der Waals surface area contributed by atoms with Crippen LogP contribution in [0.3, 0.4) is 0 Å². The molecule has 0 spiro atoms. The van der Waals surface area contributed by atoms with Crippen molar-refractivity contribution in [2.75, 3.05) is 13.6 Å². The summed E-state index contributed by atoms with van der Waals surface area (Å²) in [5, 5.41) is 0.719. The minimum absolute atomic E-state index is 0.135. The molecule has 112 valence electrons. The van der Waals surface area contributed by atoms with Gasteiger partial charge in [0.1, 0.15) is 0 Å². The van der Waals surface area contributed by atoms with Crippen LogP contribution in [0.15, 0.2) is 51.4 Å². The molecule has 0 fully saturated rings. The van der Waals surface area contributed by atoms with Gasteiger partial charge in [0, 0.05) is 33.1 Å². The van der Waals surface area contributed by atoms with Crippen LogP contribution in [0.25, 0.3) is 0 Å². The van der Waals surface area contributed by atoms with E-state index in [-0.39, 0.29) is 6.04 Å². The fraction of sp³-hybridized carbons (Fsp3) is 0.250. The van der Waals surface area contributed by atoms with Crippen LogP contribution in [-0.4, -0.2) is 18.5 Å². The highest BCUT2D eigenvalue weighted by atomic mass is 79.9. The van der Waals surface area contributed by atoms with E-state index in [0.717, 1.165) is 26.1 Å². The Kier molecular flexibility index (Phi) is 6.26. The molecule has 0 radical (unpaired) electrons. The van der Waals surface area contributed by atoms with E-state index in [2.05, 4.69) is 55.9 Å². The number of rotatable bonds is 5. The summed E-state index contributed by atoms with van der Waals surface area (Å²) in [4.78, 5) is 2.25. The summed E-state index contributed by atoms with van der Waals surface area (Å²) < 4.78 is 2.08. The molecule has 2 aromatic rings. The summed E-state index contributed by atoms with van der Waals surface area (Å²) in [6.45, 7) is 1.38. The predicted molar refractivity (Wildman–Crippen MR) is 96.6 cm³/mol. The minimum atomic E-state index is 0.135. The van der Waals surface area contributed by atoms with Crippen molar-refractivity contribution in [3.63, 3.8) is 0 Å². The number of likely N-dealkylation sites (N-methyl/N-ethyl adjacent to an activating group) is 1. The van der Waals surface area contributed by atoms with E-state index < -0.39 is 0 Å². The lowest BCUT2D eigenvalue weighted by Gasteiger charge is -2.28. The highest BCUT2D eigenvalue weighted by molar-refractivity contribution is 9.10. The van der Waals surface area contributed by atoms with Crippen molar-refractivity contribution in [3.8, 4) is 0 Å². The summed E-state index contributed by atoms with van der Waals surface area (Å²) in [5.41, 5.74) is 8.39. The van der Waals surface area contributed by atoms with Crippen LogP contribution in [0.4, 0.5) is 0 Å². The van der Waals surface area contributed by atoms with Crippen molar-refractivity contribution in [1.29, 1.82) is 0 Å². The molecule has 1 atom stereocenters. The molecule has 0 aliphatic heterocycles. The first-order valence-electron chi connectivity index (χ1n) is 6.61. The monoisotopic (exact) mass is 430 g/mol. The van der Waals surface area contributed by atoms with Crippen molar-refractivity contribution in [1.82, 2.24) is 4.90 Å². The number of hydrogen-bond donors (Lipinski definition) is 1. The Morgan fingerprint density at radius 2 is 1.95 bits per heavy atom. The molecule has 0 saturated carbocycles. The standard InChI is InChI=1S/C16H17Br2ClN2/c1-21(10-11-3-2-4-12(17)7-11)16(9-20)14-6-5-13(19)8-15(14)18/h2-8,16H,9-10,20H2,1H3. The van der Waals surface area contributed by atoms with Gasteiger partial charge in [0.05, 0.1) is 0 Å². The Hall–Kier alpha value is -0.390. The van der Waals surface area contributed by atoms with Gasteiger partial charge in [-0.1, -0.05) is 61.7 Å². The SMILES string of the molecule is CN(Cc1cccc(Br)c1)C(CN)c1ccc(Cl)cc1Br. The minimum Gasteiger partial charge on any atom is -0.329 e. The summed E-state index contributed by atoms with van der Waals surface area (Å²) in [6, 6.07) is 14.3. The van der Waals surface area contributed by atoms with Gasteiger partial charge in [-0.25, -0.2) is 0 Å². The summed E-state index contributed by atoms with van der Waals surface area (Å²) in [6.07, 6.45) is 0. The van der Waals surface area contributed by atoms with Crippen LogP contribution >= 0.6 is 43.5 Å². The normalized spacial score (nSPS) is 12.7. The second kappa shape index (κ2) is 7.75. The van der Waals surface area contributed by atoms with Gasteiger partial charge in [0.25, 0.3) is 0 Å². The van der Waals surface area contributed by atoms with E-state index in [1.165, 1.54) is 5.56 Å². The largest absolute Gasteiger partial charge is 0.329 e. The molecule has 5 heteroatoms. The molecule has 2 aromatic carbocycles. The van der Waals surface area contributed by atoms with Gasteiger partial charge < -0.3 is 5.73 Å². The fourth-order valence-corrected chi connectivity index (χ4v) is 3.74. The second-order valence-electron chi connectivity index (χ2n) is 4.96. The van der Waals surface area contributed by atoms with Crippen LogP contribution in [0.5, 0.6) is 0 Å². The molecular formula is C16H17Br2ClN2. The highest BCUT2D eigenvalue weighted by Crippen LogP contribution is 2.30. The molecule has 0 aliphatic carbocycles. The number of hydrogen-bond acceptors (Lipinski definition) is 2. The van der Waals surface area contributed by atoms with Gasteiger partial charge in [-0.05, 0) is 42.4 Å². The highest BCUT2D eigenvalue weighted by Gasteiger charge is 2.18. The molecule has 2 rings (SSSR count). The molecule has 2 N–H and O–H groups in total. The smallest absolute Gasteiger partial charge is 0.0482 e. The maximum absolute atomic E-state index is 6.01. The maximum atomic E-state index is 6.01. The Balaban J connectivity index is 2.20. The van der Waals surface area contributed by atoms with E-state index in [4.69, 9.17) is 17.3 Å². The van der Waals surface area contributed by atoms with Gasteiger partial charge in [-0.15, -0.1) is 0 Å². The topological polar surface area (TPSA) is 29.3 Å².